The average molecular weight is 266 g/mol. The van der Waals surface area contributed by atoms with Crippen molar-refractivity contribution in [2.75, 3.05) is 0 Å². The van der Waals surface area contributed by atoms with Crippen LogP contribution >= 0.6 is 0 Å². The summed E-state index contributed by atoms with van der Waals surface area (Å²) in [5, 5.41) is 15.8. The summed E-state index contributed by atoms with van der Waals surface area (Å²) in [6.07, 6.45) is 3.71. The number of carboxylic acid groups (broad SMARTS) is 1. The number of carbonyl (C=O) groups is 2. The quantitative estimate of drug-likeness (QED) is 0.860. The first-order chi connectivity index (χ1) is 9.02. The molecule has 1 fully saturated rings. The van der Waals surface area contributed by atoms with Crippen LogP contribution in [-0.4, -0.2) is 27.7 Å². The Kier molecular flexibility index (Phi) is 3.87. The molecule has 0 bridgehead atoms. The molecule has 19 heavy (non-hydrogen) atoms. The minimum atomic E-state index is -1.10. The van der Waals surface area contributed by atoms with Crippen molar-refractivity contribution in [1.29, 1.82) is 0 Å². The Bertz CT molecular complexity index is 475. The van der Waals surface area contributed by atoms with Crippen molar-refractivity contribution < 1.29 is 19.2 Å². The zero-order valence-corrected chi connectivity index (χ0v) is 10.9. The van der Waals surface area contributed by atoms with E-state index in [-0.39, 0.29) is 12.3 Å². The molecule has 0 aromatic carbocycles. The molecule has 1 aromatic heterocycles. The predicted octanol–water partition coefficient (Wildman–Crippen LogP) is 1.43. The highest BCUT2D eigenvalue weighted by molar-refractivity contribution is 5.87. The number of nitrogens with zero attached hydrogens (tertiary/aromatic N) is 1. The summed E-state index contributed by atoms with van der Waals surface area (Å²) in [7, 11) is 0. The number of hydrogen-bond donors (Lipinski definition) is 2. The summed E-state index contributed by atoms with van der Waals surface area (Å²) in [5.41, 5.74) is -0.583. The van der Waals surface area contributed by atoms with Crippen LogP contribution in [0.1, 0.15) is 43.6 Å². The van der Waals surface area contributed by atoms with Crippen LogP contribution in [0.3, 0.4) is 0 Å². The number of hydrogen-bond acceptors (Lipinski definition) is 4. The van der Waals surface area contributed by atoms with E-state index in [1.807, 2.05) is 0 Å². The Hall–Kier alpha value is -1.85. The summed E-state index contributed by atoms with van der Waals surface area (Å²) < 4.78 is 4.88. The highest BCUT2D eigenvalue weighted by atomic mass is 16.5. The second-order valence-electron chi connectivity index (χ2n) is 5.10. The molecule has 1 aliphatic rings. The van der Waals surface area contributed by atoms with Crippen molar-refractivity contribution in [3.63, 3.8) is 0 Å². The first kappa shape index (κ1) is 13.6. The summed E-state index contributed by atoms with van der Waals surface area (Å²) in [4.78, 5) is 23.4. The Morgan fingerprint density at radius 3 is 2.63 bits per heavy atom. The fourth-order valence-electron chi connectivity index (χ4n) is 2.52. The number of amides is 1. The van der Waals surface area contributed by atoms with Crippen LogP contribution in [0.5, 0.6) is 0 Å². The highest BCUT2D eigenvalue weighted by Gasteiger charge is 2.40. The first-order valence-corrected chi connectivity index (χ1v) is 6.48. The van der Waals surface area contributed by atoms with Gasteiger partial charge in [0.25, 0.3) is 0 Å². The number of rotatable bonds is 4. The van der Waals surface area contributed by atoms with Gasteiger partial charge in [0.1, 0.15) is 11.3 Å². The van der Waals surface area contributed by atoms with E-state index in [0.29, 0.717) is 24.3 Å². The van der Waals surface area contributed by atoms with Gasteiger partial charge in [-0.25, -0.2) is 4.79 Å². The largest absolute Gasteiger partial charge is 0.480 e. The standard InChI is InChI=1S/C13H18N2O4/c1-9-7-10(15-19-9)8-11(16)14-13(12(17)18)5-3-2-4-6-13/h7H,2-6,8H2,1H3,(H,14,16)(H,17,18). The van der Waals surface area contributed by atoms with Gasteiger partial charge in [-0.3, -0.25) is 4.79 Å². The predicted molar refractivity (Wildman–Crippen MR) is 66.5 cm³/mol. The van der Waals surface area contributed by atoms with E-state index in [1.54, 1.807) is 13.0 Å². The fourth-order valence-corrected chi connectivity index (χ4v) is 2.52. The molecule has 1 aromatic rings. The third-order valence-electron chi connectivity index (χ3n) is 3.51. The maximum absolute atomic E-state index is 11.9. The van der Waals surface area contributed by atoms with Crippen molar-refractivity contribution in [1.82, 2.24) is 10.5 Å². The molecule has 0 aliphatic heterocycles. The van der Waals surface area contributed by atoms with E-state index in [1.165, 1.54) is 0 Å². The molecule has 0 spiro atoms. The number of aryl methyl sites for hydroxylation is 1. The van der Waals surface area contributed by atoms with Gasteiger partial charge in [-0.2, -0.15) is 0 Å². The van der Waals surface area contributed by atoms with Crippen LogP contribution in [-0.2, 0) is 16.0 Å². The monoisotopic (exact) mass is 266 g/mol. The lowest BCUT2D eigenvalue weighted by Gasteiger charge is -2.33. The lowest BCUT2D eigenvalue weighted by molar-refractivity contribution is -0.149. The van der Waals surface area contributed by atoms with E-state index in [9.17, 15) is 14.7 Å². The van der Waals surface area contributed by atoms with Gasteiger partial charge in [0.05, 0.1) is 12.1 Å². The molecule has 1 amide bonds. The summed E-state index contributed by atoms with van der Waals surface area (Å²) in [5.74, 6) is -0.636. The molecular formula is C13H18N2O4. The summed E-state index contributed by atoms with van der Waals surface area (Å²) in [6.45, 7) is 1.74. The topological polar surface area (TPSA) is 92.4 Å². The minimum Gasteiger partial charge on any atom is -0.480 e. The van der Waals surface area contributed by atoms with Gasteiger partial charge >= 0.3 is 5.97 Å². The molecular weight excluding hydrogens is 248 g/mol. The molecule has 0 saturated heterocycles. The van der Waals surface area contributed by atoms with Crippen molar-refractivity contribution in [3.05, 3.63) is 17.5 Å². The molecule has 0 unspecified atom stereocenters. The van der Waals surface area contributed by atoms with Crippen molar-refractivity contribution in [2.24, 2.45) is 0 Å². The van der Waals surface area contributed by atoms with E-state index < -0.39 is 11.5 Å². The van der Waals surface area contributed by atoms with Crippen LogP contribution in [0, 0.1) is 6.92 Å². The molecule has 1 saturated carbocycles. The summed E-state index contributed by atoms with van der Waals surface area (Å²) in [6, 6.07) is 1.67. The van der Waals surface area contributed by atoms with Crippen LogP contribution in [0.2, 0.25) is 0 Å². The zero-order valence-electron chi connectivity index (χ0n) is 10.9. The molecule has 6 heteroatoms. The average Bonchev–Trinajstić information content (AvgIpc) is 2.75. The van der Waals surface area contributed by atoms with Gasteiger partial charge in [0, 0.05) is 6.07 Å². The van der Waals surface area contributed by atoms with Crippen LogP contribution in [0.4, 0.5) is 0 Å². The number of nitrogens with one attached hydrogen (secondary N) is 1. The maximum Gasteiger partial charge on any atom is 0.329 e. The third kappa shape index (κ3) is 3.13. The molecule has 104 valence electrons. The van der Waals surface area contributed by atoms with E-state index in [2.05, 4.69) is 10.5 Å². The van der Waals surface area contributed by atoms with Crippen molar-refractivity contribution >= 4 is 11.9 Å². The van der Waals surface area contributed by atoms with Crippen molar-refractivity contribution in [2.45, 2.75) is 51.0 Å². The number of aliphatic carboxylic acids is 1. The van der Waals surface area contributed by atoms with Gasteiger partial charge in [0.15, 0.2) is 0 Å². The number of carbonyl (C=O) groups excluding carboxylic acids is 1. The molecule has 0 atom stereocenters. The van der Waals surface area contributed by atoms with Crippen molar-refractivity contribution in [3.8, 4) is 0 Å². The van der Waals surface area contributed by atoms with Gasteiger partial charge in [0.2, 0.25) is 5.91 Å². The van der Waals surface area contributed by atoms with E-state index in [4.69, 9.17) is 4.52 Å². The minimum absolute atomic E-state index is 0.0480. The van der Waals surface area contributed by atoms with E-state index in [0.717, 1.165) is 19.3 Å². The molecule has 6 nitrogen and oxygen atoms in total. The molecule has 0 radical (unpaired) electrons. The maximum atomic E-state index is 11.9. The van der Waals surface area contributed by atoms with Crippen LogP contribution in [0.15, 0.2) is 10.6 Å². The van der Waals surface area contributed by atoms with Gasteiger partial charge in [-0.1, -0.05) is 24.4 Å². The van der Waals surface area contributed by atoms with Gasteiger partial charge < -0.3 is 14.9 Å². The molecule has 2 N–H and O–H groups in total. The zero-order chi connectivity index (χ0) is 13.9. The Labute approximate surface area is 111 Å². The van der Waals surface area contributed by atoms with Gasteiger partial charge in [-0.05, 0) is 19.8 Å². The lowest BCUT2D eigenvalue weighted by atomic mass is 9.81. The number of aromatic nitrogens is 1. The third-order valence-corrected chi connectivity index (χ3v) is 3.51. The Balaban J connectivity index is 2.01. The van der Waals surface area contributed by atoms with E-state index >= 15 is 0 Å². The van der Waals surface area contributed by atoms with Crippen LogP contribution in [0.25, 0.3) is 0 Å². The molecule has 1 aliphatic carbocycles. The summed E-state index contributed by atoms with van der Waals surface area (Å²) >= 11 is 0. The van der Waals surface area contributed by atoms with Gasteiger partial charge in [-0.15, -0.1) is 0 Å². The number of carboxylic acids is 1. The Morgan fingerprint density at radius 2 is 2.11 bits per heavy atom. The smallest absolute Gasteiger partial charge is 0.329 e. The van der Waals surface area contributed by atoms with Crippen LogP contribution < -0.4 is 5.32 Å². The Morgan fingerprint density at radius 1 is 1.42 bits per heavy atom. The highest BCUT2D eigenvalue weighted by Crippen LogP contribution is 2.28. The second-order valence-corrected chi connectivity index (χ2v) is 5.10. The second kappa shape index (κ2) is 5.42. The molecule has 2 rings (SSSR count). The molecule has 1 heterocycles. The normalized spacial score (nSPS) is 17.9. The lowest BCUT2D eigenvalue weighted by Crippen LogP contribution is -2.56. The first-order valence-electron chi connectivity index (χ1n) is 6.48. The SMILES string of the molecule is Cc1cc(CC(=O)NC2(C(=O)O)CCCCC2)no1. The fraction of sp³-hybridized carbons (Fsp3) is 0.615.